The highest BCUT2D eigenvalue weighted by atomic mass is 19.2. The van der Waals surface area contributed by atoms with E-state index in [9.17, 15) is 17.6 Å². The third-order valence-corrected chi connectivity index (χ3v) is 8.00. The average Bonchev–Trinajstić information content (AvgIpc) is 2.91. The van der Waals surface area contributed by atoms with Gasteiger partial charge in [-0.05, 0) is 87.2 Å². The minimum atomic E-state index is -0.823. The van der Waals surface area contributed by atoms with Crippen molar-refractivity contribution in [1.29, 1.82) is 0 Å². The molecule has 36 heavy (non-hydrogen) atoms. The fourth-order valence-electron chi connectivity index (χ4n) is 5.74. The van der Waals surface area contributed by atoms with E-state index in [4.69, 9.17) is 9.47 Å². The summed E-state index contributed by atoms with van der Waals surface area (Å²) < 4.78 is 69.5. The van der Waals surface area contributed by atoms with E-state index in [0.29, 0.717) is 17.7 Å². The molecule has 0 aliphatic heterocycles. The summed E-state index contributed by atoms with van der Waals surface area (Å²) in [6.45, 7) is 2.31. The first-order chi connectivity index (χ1) is 17.4. The molecule has 0 atom stereocenters. The second-order valence-corrected chi connectivity index (χ2v) is 10.1. The molecule has 2 fully saturated rings. The van der Waals surface area contributed by atoms with Gasteiger partial charge in [0, 0.05) is 24.8 Å². The number of hydrogen-bond acceptors (Lipinski definition) is 2. The molecule has 0 bridgehead atoms. The number of benzene rings is 2. The highest BCUT2D eigenvalue weighted by Crippen LogP contribution is 2.39. The molecule has 6 heteroatoms. The fraction of sp³-hybridized carbons (Fsp3) is 0.533. The number of allylic oxidation sites excluding steroid dienone is 1. The Bertz CT molecular complexity index is 1050. The number of rotatable bonds is 8. The van der Waals surface area contributed by atoms with E-state index in [0.717, 1.165) is 51.4 Å². The SMILES string of the molecule is CCOCc1ccc(C2CCC(/C=C/c3ccc(C4CCC(OC)CC4)c(F)c3F)CC2)c(F)c1F. The van der Waals surface area contributed by atoms with Gasteiger partial charge in [-0.1, -0.05) is 36.4 Å². The molecule has 0 heterocycles. The number of halogens is 4. The summed E-state index contributed by atoms with van der Waals surface area (Å²) in [5, 5.41) is 0. The maximum absolute atomic E-state index is 14.9. The highest BCUT2D eigenvalue weighted by Gasteiger charge is 2.27. The van der Waals surface area contributed by atoms with Gasteiger partial charge in [0.1, 0.15) is 0 Å². The molecule has 2 nitrogen and oxygen atoms in total. The van der Waals surface area contributed by atoms with Crippen molar-refractivity contribution in [3.05, 3.63) is 75.9 Å². The maximum atomic E-state index is 14.9. The van der Waals surface area contributed by atoms with Crippen LogP contribution in [0.4, 0.5) is 17.6 Å². The minimum Gasteiger partial charge on any atom is -0.381 e. The lowest BCUT2D eigenvalue weighted by Crippen LogP contribution is -2.20. The van der Waals surface area contributed by atoms with Gasteiger partial charge < -0.3 is 9.47 Å². The van der Waals surface area contributed by atoms with Gasteiger partial charge in [0.25, 0.3) is 0 Å². The van der Waals surface area contributed by atoms with Crippen LogP contribution in [0.15, 0.2) is 30.3 Å². The fourth-order valence-corrected chi connectivity index (χ4v) is 5.74. The molecule has 0 saturated heterocycles. The molecule has 2 aromatic rings. The number of ether oxygens (including phenoxy) is 2. The average molecular weight is 505 g/mol. The van der Waals surface area contributed by atoms with Crippen LogP contribution in [0.1, 0.15) is 92.4 Å². The van der Waals surface area contributed by atoms with Crippen molar-refractivity contribution < 1.29 is 27.0 Å². The van der Waals surface area contributed by atoms with Crippen LogP contribution in [0.5, 0.6) is 0 Å². The third kappa shape index (κ3) is 6.03. The molecule has 0 radical (unpaired) electrons. The zero-order chi connectivity index (χ0) is 25.7. The zero-order valence-electron chi connectivity index (χ0n) is 21.2. The standard InChI is InChI=1S/C30H36F4O2/c1-3-36-18-23-13-17-26(30(34)28(23)32)20-7-4-19(5-8-20)6-9-22-12-16-25(29(33)27(22)31)21-10-14-24(35-2)15-11-21/h6,9,12-13,16-17,19-21,24H,3-5,7-8,10-11,14-15,18H2,1-2H3/b9-6+. The Morgan fingerprint density at radius 1 is 0.750 bits per heavy atom. The van der Waals surface area contributed by atoms with E-state index in [1.807, 2.05) is 13.0 Å². The second kappa shape index (κ2) is 12.4. The van der Waals surface area contributed by atoms with Gasteiger partial charge in [-0.3, -0.25) is 0 Å². The summed E-state index contributed by atoms with van der Waals surface area (Å²) in [7, 11) is 1.69. The Balaban J connectivity index is 1.36. The molecule has 0 aromatic heterocycles. The van der Waals surface area contributed by atoms with Gasteiger partial charge in [0.15, 0.2) is 23.3 Å². The summed E-state index contributed by atoms with van der Waals surface area (Å²) in [6.07, 6.45) is 10.1. The topological polar surface area (TPSA) is 18.5 Å². The van der Waals surface area contributed by atoms with Crippen LogP contribution >= 0.6 is 0 Å². The quantitative estimate of drug-likeness (QED) is 0.336. The van der Waals surface area contributed by atoms with Gasteiger partial charge in [-0.2, -0.15) is 0 Å². The smallest absolute Gasteiger partial charge is 0.166 e. The van der Waals surface area contributed by atoms with Crippen molar-refractivity contribution in [2.24, 2.45) is 5.92 Å². The Hall–Kier alpha value is -2.18. The van der Waals surface area contributed by atoms with Gasteiger partial charge in [-0.25, -0.2) is 17.6 Å². The number of hydrogen-bond donors (Lipinski definition) is 0. The van der Waals surface area contributed by atoms with Crippen LogP contribution in [0, 0.1) is 29.2 Å². The van der Waals surface area contributed by atoms with Gasteiger partial charge in [0.2, 0.25) is 0 Å². The first kappa shape index (κ1) is 26.9. The van der Waals surface area contributed by atoms with Crippen LogP contribution < -0.4 is 0 Å². The van der Waals surface area contributed by atoms with Gasteiger partial charge in [0.05, 0.1) is 12.7 Å². The van der Waals surface area contributed by atoms with Crippen LogP contribution in [0.3, 0.4) is 0 Å². The molecule has 2 aliphatic carbocycles. The molecular weight excluding hydrogens is 468 g/mol. The van der Waals surface area contributed by atoms with Crippen LogP contribution in [0.2, 0.25) is 0 Å². The largest absolute Gasteiger partial charge is 0.381 e. The normalized spacial score (nSPS) is 24.9. The summed E-state index contributed by atoms with van der Waals surface area (Å²) >= 11 is 0. The Morgan fingerprint density at radius 3 is 1.94 bits per heavy atom. The lowest BCUT2D eigenvalue weighted by atomic mass is 9.78. The molecule has 0 spiro atoms. The molecule has 2 aromatic carbocycles. The lowest BCUT2D eigenvalue weighted by Gasteiger charge is -2.28. The molecule has 4 rings (SSSR count). The summed E-state index contributed by atoms with van der Waals surface area (Å²) in [5.41, 5.74) is 1.36. The molecule has 0 amide bonds. The molecular formula is C30H36F4O2. The van der Waals surface area contributed by atoms with Crippen LogP contribution in [-0.2, 0) is 16.1 Å². The van der Waals surface area contributed by atoms with Crippen molar-refractivity contribution >= 4 is 6.08 Å². The summed E-state index contributed by atoms with van der Waals surface area (Å²) in [5.74, 6) is -2.97. The summed E-state index contributed by atoms with van der Waals surface area (Å²) in [4.78, 5) is 0. The predicted molar refractivity (Wildman–Crippen MR) is 134 cm³/mol. The Kier molecular flexibility index (Phi) is 9.24. The first-order valence-electron chi connectivity index (χ1n) is 13.2. The van der Waals surface area contributed by atoms with Crippen molar-refractivity contribution in [3.8, 4) is 0 Å². The maximum Gasteiger partial charge on any atom is 0.166 e. The molecule has 2 aliphatic rings. The highest BCUT2D eigenvalue weighted by molar-refractivity contribution is 5.52. The van der Waals surface area contributed by atoms with E-state index in [1.54, 1.807) is 37.5 Å². The zero-order valence-corrected chi connectivity index (χ0v) is 21.2. The first-order valence-corrected chi connectivity index (χ1v) is 13.2. The second-order valence-electron chi connectivity index (χ2n) is 10.1. The van der Waals surface area contributed by atoms with Crippen molar-refractivity contribution in [2.75, 3.05) is 13.7 Å². The molecule has 0 N–H and O–H groups in total. The monoisotopic (exact) mass is 504 g/mol. The van der Waals surface area contributed by atoms with E-state index >= 15 is 0 Å². The van der Waals surface area contributed by atoms with E-state index < -0.39 is 23.3 Å². The molecule has 0 unspecified atom stereocenters. The lowest BCUT2D eigenvalue weighted by molar-refractivity contribution is 0.0655. The van der Waals surface area contributed by atoms with E-state index in [-0.39, 0.29) is 41.6 Å². The third-order valence-electron chi connectivity index (χ3n) is 8.00. The van der Waals surface area contributed by atoms with Crippen molar-refractivity contribution in [3.63, 3.8) is 0 Å². The van der Waals surface area contributed by atoms with Crippen LogP contribution in [-0.4, -0.2) is 19.8 Å². The van der Waals surface area contributed by atoms with E-state index in [1.165, 1.54) is 0 Å². The Labute approximate surface area is 211 Å². The molecule has 196 valence electrons. The molecule has 2 saturated carbocycles. The van der Waals surface area contributed by atoms with Crippen LogP contribution in [0.25, 0.3) is 6.08 Å². The Morgan fingerprint density at radius 2 is 1.33 bits per heavy atom. The number of methoxy groups -OCH3 is 1. The van der Waals surface area contributed by atoms with Crippen molar-refractivity contribution in [2.45, 2.75) is 82.8 Å². The summed E-state index contributed by atoms with van der Waals surface area (Å²) in [6, 6.07) is 6.67. The predicted octanol–water partition coefficient (Wildman–Crippen LogP) is 8.44. The van der Waals surface area contributed by atoms with Crippen molar-refractivity contribution in [1.82, 2.24) is 0 Å². The van der Waals surface area contributed by atoms with E-state index in [2.05, 4.69) is 0 Å². The minimum absolute atomic E-state index is 0.0256. The van der Waals surface area contributed by atoms with Gasteiger partial charge >= 0.3 is 0 Å². The van der Waals surface area contributed by atoms with Gasteiger partial charge in [-0.15, -0.1) is 0 Å².